The van der Waals surface area contributed by atoms with Crippen LogP contribution in [0.1, 0.15) is 96.8 Å². The maximum Gasteiger partial charge on any atom is 0.305 e. The molecule has 0 saturated carbocycles. The topological polar surface area (TPSA) is 131 Å². The van der Waals surface area contributed by atoms with Gasteiger partial charge in [0, 0.05) is 13.0 Å². The van der Waals surface area contributed by atoms with Gasteiger partial charge in [-0.1, -0.05) is 84.0 Å². The van der Waals surface area contributed by atoms with Crippen LogP contribution in [0.4, 0.5) is 0 Å². The third-order valence-electron chi connectivity index (χ3n) is 8.38. The first kappa shape index (κ1) is 55.0. The summed E-state index contributed by atoms with van der Waals surface area (Å²) >= 11 is 0. The molecule has 0 radical (unpaired) electrons. The Morgan fingerprint density at radius 2 is 0.554 bits per heavy atom. The molecule has 0 aromatic heterocycles. The predicted molar refractivity (Wildman–Crippen MR) is 219 cm³/mol. The van der Waals surface area contributed by atoms with Crippen molar-refractivity contribution in [2.45, 2.75) is 96.8 Å². The molecule has 0 amide bonds. The van der Waals surface area contributed by atoms with Crippen molar-refractivity contribution in [2.75, 3.05) is 173 Å². The molecule has 0 fully saturated rings. The predicted octanol–water partition coefficient (Wildman–Crippen LogP) is 5.76. The highest BCUT2D eigenvalue weighted by Gasteiger charge is 2.03. The minimum atomic E-state index is -0.131. The highest BCUT2D eigenvalue weighted by atomic mass is 16.6. The zero-order chi connectivity index (χ0) is 40.5. The Bertz CT molecular complexity index is 739. The first-order chi connectivity index (χ1) is 27.7. The Morgan fingerprint density at radius 3 is 0.821 bits per heavy atom. The van der Waals surface area contributed by atoms with Gasteiger partial charge in [0.25, 0.3) is 0 Å². The monoisotopic (exact) mass is 812 g/mol. The fourth-order valence-corrected chi connectivity index (χ4v) is 5.12. The van der Waals surface area contributed by atoms with Crippen LogP contribution in [0.25, 0.3) is 0 Å². The molecule has 0 aliphatic heterocycles. The summed E-state index contributed by atoms with van der Waals surface area (Å²) in [4.78, 5) is 14.0. The van der Waals surface area contributed by atoms with Crippen LogP contribution in [-0.2, 0) is 61.6 Å². The van der Waals surface area contributed by atoms with E-state index >= 15 is 0 Å². The molecule has 14 heteroatoms. The molecular weight excluding hydrogens is 726 g/mol. The average Bonchev–Trinajstić information content (AvgIpc) is 3.19. The van der Waals surface area contributed by atoms with Crippen molar-refractivity contribution >= 4 is 5.97 Å². The van der Waals surface area contributed by atoms with Gasteiger partial charge in [-0.2, -0.15) is 0 Å². The summed E-state index contributed by atoms with van der Waals surface area (Å²) in [5.41, 5.74) is 0. The fraction of sp³-hybridized carbons (Fsp3) is 0.976. The first-order valence-electron chi connectivity index (χ1n) is 21.8. The van der Waals surface area contributed by atoms with E-state index in [9.17, 15) is 4.79 Å². The number of rotatable bonds is 50. The van der Waals surface area contributed by atoms with Crippen LogP contribution in [0.15, 0.2) is 0 Å². The number of hydrogen-bond acceptors (Lipinski definition) is 14. The van der Waals surface area contributed by atoms with Gasteiger partial charge < -0.3 is 61.7 Å². The van der Waals surface area contributed by atoms with Crippen molar-refractivity contribution in [3.8, 4) is 0 Å². The number of likely N-dealkylation sites (N-methyl/N-ethyl adjacent to an activating group) is 1. The number of carbonyl (C=O) groups excluding carboxylic acids is 1. The first-order valence-corrected chi connectivity index (χ1v) is 21.8. The van der Waals surface area contributed by atoms with Crippen LogP contribution in [0.3, 0.4) is 0 Å². The zero-order valence-corrected chi connectivity index (χ0v) is 36.1. The standard InChI is InChI=1S/C42H85NO13/c1-4-5-6-7-8-9-10-11-12-13-14-15-16-17-42(44)56-41-40-55-39-38-54-37-36-53-35-34-52-33-32-51-31-30-50-29-28-49-27-26-48-25-24-47-23-22-46-21-20-45-19-18-43(2)3/h4-41H2,1-3H3. The number of hydrogen-bond donors (Lipinski definition) is 0. The quantitative estimate of drug-likeness (QED) is 0.0546. The second kappa shape index (κ2) is 50.1. The van der Waals surface area contributed by atoms with Crippen molar-refractivity contribution in [2.24, 2.45) is 0 Å². The summed E-state index contributed by atoms with van der Waals surface area (Å²) in [6, 6.07) is 0. The molecule has 336 valence electrons. The average molecular weight is 812 g/mol. The minimum Gasteiger partial charge on any atom is -0.463 e. The normalized spacial score (nSPS) is 11.6. The van der Waals surface area contributed by atoms with Gasteiger partial charge in [0.2, 0.25) is 0 Å². The Kier molecular flexibility index (Phi) is 49.2. The molecule has 0 aliphatic rings. The summed E-state index contributed by atoms with van der Waals surface area (Å²) < 4.78 is 65.6. The van der Waals surface area contributed by atoms with Gasteiger partial charge in [-0.25, -0.2) is 0 Å². The molecule has 0 saturated heterocycles. The molecule has 0 rings (SSSR count). The second-order valence-corrected chi connectivity index (χ2v) is 13.8. The molecule has 0 atom stereocenters. The van der Waals surface area contributed by atoms with Crippen LogP contribution >= 0.6 is 0 Å². The molecular formula is C42H85NO13. The van der Waals surface area contributed by atoms with Crippen LogP contribution in [-0.4, -0.2) is 183 Å². The highest BCUT2D eigenvalue weighted by molar-refractivity contribution is 5.69. The summed E-state index contributed by atoms with van der Waals surface area (Å²) in [5.74, 6) is -0.131. The van der Waals surface area contributed by atoms with E-state index in [4.69, 9.17) is 56.8 Å². The Morgan fingerprint density at radius 1 is 0.321 bits per heavy atom. The van der Waals surface area contributed by atoms with Crippen molar-refractivity contribution in [3.05, 3.63) is 0 Å². The van der Waals surface area contributed by atoms with Crippen LogP contribution in [0.2, 0.25) is 0 Å². The fourth-order valence-electron chi connectivity index (χ4n) is 5.12. The van der Waals surface area contributed by atoms with E-state index in [2.05, 4.69) is 11.8 Å². The second-order valence-electron chi connectivity index (χ2n) is 13.8. The lowest BCUT2D eigenvalue weighted by molar-refractivity contribution is -0.145. The van der Waals surface area contributed by atoms with Gasteiger partial charge in [-0.15, -0.1) is 0 Å². The Balaban J connectivity index is 3.12. The van der Waals surface area contributed by atoms with E-state index in [0.29, 0.717) is 152 Å². The lowest BCUT2D eigenvalue weighted by atomic mass is 10.0. The Labute approximate surface area is 341 Å². The number of unbranched alkanes of at least 4 members (excludes halogenated alkanes) is 12. The lowest BCUT2D eigenvalue weighted by Crippen LogP contribution is -2.19. The van der Waals surface area contributed by atoms with Crippen molar-refractivity contribution in [3.63, 3.8) is 0 Å². The van der Waals surface area contributed by atoms with E-state index in [-0.39, 0.29) is 12.6 Å². The van der Waals surface area contributed by atoms with Gasteiger partial charge in [-0.3, -0.25) is 4.79 Å². The molecule has 0 spiro atoms. The number of nitrogens with zero attached hydrogens (tertiary/aromatic N) is 1. The molecule has 56 heavy (non-hydrogen) atoms. The SMILES string of the molecule is CCCCCCCCCCCCCCCC(=O)OCCOCCOCCOCCOCCOCCOCCOCCOCCOCCOCCOCCN(C)C. The number of esters is 1. The molecule has 0 N–H and O–H groups in total. The maximum absolute atomic E-state index is 11.9. The van der Waals surface area contributed by atoms with Gasteiger partial charge in [-0.05, 0) is 20.5 Å². The molecule has 0 aromatic carbocycles. The number of carbonyl (C=O) groups is 1. The van der Waals surface area contributed by atoms with Crippen molar-refractivity contribution in [1.82, 2.24) is 4.90 Å². The van der Waals surface area contributed by atoms with E-state index in [1.54, 1.807) is 0 Å². The molecule has 0 bridgehead atoms. The molecule has 14 nitrogen and oxygen atoms in total. The smallest absolute Gasteiger partial charge is 0.305 e. The van der Waals surface area contributed by atoms with Gasteiger partial charge in [0.15, 0.2) is 0 Å². The van der Waals surface area contributed by atoms with Crippen molar-refractivity contribution < 1.29 is 61.6 Å². The minimum absolute atomic E-state index is 0.131. The highest BCUT2D eigenvalue weighted by Crippen LogP contribution is 2.13. The number of ether oxygens (including phenoxy) is 12. The maximum atomic E-state index is 11.9. The van der Waals surface area contributed by atoms with Crippen LogP contribution in [0, 0.1) is 0 Å². The van der Waals surface area contributed by atoms with Gasteiger partial charge in [0.1, 0.15) is 6.61 Å². The lowest BCUT2D eigenvalue weighted by Gasteiger charge is -2.10. The van der Waals surface area contributed by atoms with Gasteiger partial charge >= 0.3 is 5.97 Å². The van der Waals surface area contributed by atoms with Gasteiger partial charge in [0.05, 0.1) is 145 Å². The van der Waals surface area contributed by atoms with Crippen LogP contribution in [0.5, 0.6) is 0 Å². The van der Waals surface area contributed by atoms with E-state index in [1.165, 1.54) is 70.6 Å². The Hall–Kier alpha value is -1.01. The third-order valence-corrected chi connectivity index (χ3v) is 8.38. The summed E-state index contributed by atoms with van der Waals surface area (Å²) in [6.45, 7) is 14.8. The van der Waals surface area contributed by atoms with E-state index in [0.717, 1.165) is 19.4 Å². The molecule has 0 aromatic rings. The zero-order valence-electron chi connectivity index (χ0n) is 36.1. The van der Waals surface area contributed by atoms with Crippen molar-refractivity contribution in [1.29, 1.82) is 0 Å². The molecule has 0 aliphatic carbocycles. The summed E-state index contributed by atoms with van der Waals surface area (Å²) in [5, 5.41) is 0. The van der Waals surface area contributed by atoms with E-state index < -0.39 is 0 Å². The summed E-state index contributed by atoms with van der Waals surface area (Å²) in [7, 11) is 4.04. The molecule has 0 heterocycles. The summed E-state index contributed by atoms with van der Waals surface area (Å²) in [6.07, 6.45) is 17.3. The largest absolute Gasteiger partial charge is 0.463 e. The third kappa shape index (κ3) is 51.0. The van der Waals surface area contributed by atoms with E-state index in [1.807, 2.05) is 14.1 Å². The van der Waals surface area contributed by atoms with Crippen LogP contribution < -0.4 is 0 Å². The molecule has 0 unspecified atom stereocenters.